The monoisotopic (exact) mass is 431 g/mol. The number of oxazole rings is 1. The number of fused-ring (bicyclic) bond motifs is 1. The Morgan fingerprint density at radius 3 is 2.52 bits per heavy atom. The molecule has 1 amide bonds. The van der Waals surface area contributed by atoms with Crippen LogP contribution in [0.25, 0.3) is 11.1 Å². The van der Waals surface area contributed by atoms with Crippen molar-refractivity contribution >= 4 is 41.0 Å². The number of nitrogens with zero attached hydrogens (tertiary/aromatic N) is 2. The zero-order valence-electron chi connectivity index (χ0n) is 16.2. The van der Waals surface area contributed by atoms with Crippen LogP contribution in [0.4, 0.5) is 0 Å². The smallest absolute Gasteiger partial charge is 0.343 e. The standard InChI is InChI=1S/C23H17N3O4S/c27-21(15-31-23-25-19-8-4-5-9-20(19)30-23)26-24-14-16-10-12-18(13-11-16)29-22(28)17-6-2-1-3-7-17/h1-14H,15H2,(H,26,27)/b24-14-. The Hall–Kier alpha value is -3.91. The molecule has 31 heavy (non-hydrogen) atoms. The Bertz CT molecular complexity index is 1190. The second kappa shape index (κ2) is 9.73. The molecule has 3 aromatic carbocycles. The van der Waals surface area contributed by atoms with Gasteiger partial charge in [0.25, 0.3) is 11.1 Å². The molecule has 0 atom stereocenters. The van der Waals surface area contributed by atoms with Gasteiger partial charge in [0.1, 0.15) is 11.3 Å². The van der Waals surface area contributed by atoms with Crippen LogP contribution in [0.3, 0.4) is 0 Å². The van der Waals surface area contributed by atoms with Gasteiger partial charge in [-0.25, -0.2) is 15.2 Å². The molecule has 4 rings (SSSR count). The van der Waals surface area contributed by atoms with Crippen LogP contribution in [0.5, 0.6) is 5.75 Å². The highest BCUT2D eigenvalue weighted by atomic mass is 32.2. The fourth-order valence-corrected chi connectivity index (χ4v) is 3.24. The molecular formula is C23H17N3O4S. The van der Waals surface area contributed by atoms with E-state index in [0.717, 1.165) is 11.1 Å². The third kappa shape index (κ3) is 5.58. The summed E-state index contributed by atoms with van der Waals surface area (Å²) < 4.78 is 10.9. The topological polar surface area (TPSA) is 93.8 Å². The molecule has 0 radical (unpaired) electrons. The second-order valence-corrected chi connectivity index (χ2v) is 7.28. The van der Waals surface area contributed by atoms with E-state index in [-0.39, 0.29) is 11.7 Å². The molecule has 0 aliphatic heterocycles. The first-order valence-electron chi connectivity index (χ1n) is 9.35. The van der Waals surface area contributed by atoms with Gasteiger partial charge in [-0.15, -0.1) is 0 Å². The Labute approximate surface area is 182 Å². The van der Waals surface area contributed by atoms with Crippen LogP contribution >= 0.6 is 11.8 Å². The lowest BCUT2D eigenvalue weighted by Gasteiger charge is -2.04. The maximum atomic E-state index is 12.1. The summed E-state index contributed by atoms with van der Waals surface area (Å²) in [6.45, 7) is 0. The number of hydrogen-bond acceptors (Lipinski definition) is 7. The van der Waals surface area contributed by atoms with Crippen LogP contribution in [0.2, 0.25) is 0 Å². The number of amides is 1. The van der Waals surface area contributed by atoms with E-state index in [2.05, 4.69) is 15.5 Å². The molecule has 0 unspecified atom stereocenters. The van der Waals surface area contributed by atoms with E-state index in [1.54, 1.807) is 48.5 Å². The predicted molar refractivity (Wildman–Crippen MR) is 118 cm³/mol. The first kappa shape index (κ1) is 20.4. The summed E-state index contributed by atoms with van der Waals surface area (Å²) in [5.41, 5.74) is 5.11. The van der Waals surface area contributed by atoms with Crippen molar-refractivity contribution in [3.63, 3.8) is 0 Å². The van der Waals surface area contributed by atoms with E-state index >= 15 is 0 Å². The van der Waals surface area contributed by atoms with Gasteiger partial charge in [0.15, 0.2) is 5.58 Å². The van der Waals surface area contributed by atoms with Gasteiger partial charge in [0.05, 0.1) is 17.5 Å². The predicted octanol–water partition coefficient (Wildman–Crippen LogP) is 4.29. The minimum Gasteiger partial charge on any atom is -0.431 e. The fourth-order valence-electron chi connectivity index (χ4n) is 2.61. The Morgan fingerprint density at radius 2 is 1.74 bits per heavy atom. The van der Waals surface area contributed by atoms with Gasteiger partial charge in [0, 0.05) is 0 Å². The number of esters is 1. The molecule has 154 valence electrons. The lowest BCUT2D eigenvalue weighted by molar-refractivity contribution is -0.118. The normalized spacial score (nSPS) is 11.0. The van der Waals surface area contributed by atoms with Gasteiger partial charge >= 0.3 is 5.97 Å². The lowest BCUT2D eigenvalue weighted by atomic mass is 10.2. The molecule has 0 fully saturated rings. The highest BCUT2D eigenvalue weighted by molar-refractivity contribution is 7.99. The molecule has 0 bridgehead atoms. The zero-order valence-corrected chi connectivity index (χ0v) is 17.0. The molecule has 7 nitrogen and oxygen atoms in total. The summed E-state index contributed by atoms with van der Waals surface area (Å²) >= 11 is 1.19. The van der Waals surface area contributed by atoms with Crippen molar-refractivity contribution in [2.45, 2.75) is 5.22 Å². The molecule has 4 aromatic rings. The SMILES string of the molecule is O=C(CSc1nc2ccccc2o1)N/N=C\c1ccc(OC(=O)c2ccccc2)cc1. The number of hydrazone groups is 1. The molecule has 0 saturated carbocycles. The average Bonchev–Trinajstić information content (AvgIpc) is 3.22. The van der Waals surface area contributed by atoms with Gasteiger partial charge in [-0.3, -0.25) is 4.79 Å². The number of rotatable bonds is 7. The van der Waals surface area contributed by atoms with E-state index in [1.807, 2.05) is 30.3 Å². The van der Waals surface area contributed by atoms with E-state index < -0.39 is 5.97 Å². The Kier molecular flexibility index (Phi) is 6.39. The molecule has 1 heterocycles. The maximum absolute atomic E-state index is 12.1. The first-order chi connectivity index (χ1) is 15.2. The van der Waals surface area contributed by atoms with Crippen LogP contribution in [-0.2, 0) is 4.79 Å². The van der Waals surface area contributed by atoms with Crippen molar-refractivity contribution in [2.24, 2.45) is 5.10 Å². The molecule has 1 aromatic heterocycles. The van der Waals surface area contributed by atoms with E-state index in [9.17, 15) is 9.59 Å². The van der Waals surface area contributed by atoms with Gasteiger partial charge in [0.2, 0.25) is 0 Å². The van der Waals surface area contributed by atoms with Gasteiger partial charge < -0.3 is 9.15 Å². The fraction of sp³-hybridized carbons (Fsp3) is 0.0435. The summed E-state index contributed by atoms with van der Waals surface area (Å²) in [5, 5.41) is 4.37. The molecule has 0 aliphatic carbocycles. The minimum absolute atomic E-state index is 0.124. The molecule has 1 N–H and O–H groups in total. The molecular weight excluding hydrogens is 414 g/mol. The number of benzene rings is 3. The van der Waals surface area contributed by atoms with Gasteiger partial charge in [-0.2, -0.15) is 5.10 Å². The number of aromatic nitrogens is 1. The summed E-state index contributed by atoms with van der Waals surface area (Å²) in [6, 6.07) is 23.0. The van der Waals surface area contributed by atoms with Crippen LogP contribution in [0.1, 0.15) is 15.9 Å². The second-order valence-electron chi connectivity index (χ2n) is 6.35. The van der Waals surface area contributed by atoms with E-state index in [0.29, 0.717) is 22.1 Å². The number of para-hydroxylation sites is 2. The van der Waals surface area contributed by atoms with Crippen molar-refractivity contribution in [3.05, 3.63) is 90.0 Å². The Balaban J connectivity index is 1.24. The maximum Gasteiger partial charge on any atom is 0.343 e. The molecule has 0 saturated heterocycles. The number of nitrogens with one attached hydrogen (secondary N) is 1. The minimum atomic E-state index is -0.425. The largest absolute Gasteiger partial charge is 0.431 e. The number of thioether (sulfide) groups is 1. The third-order valence-electron chi connectivity index (χ3n) is 4.10. The highest BCUT2D eigenvalue weighted by Crippen LogP contribution is 2.22. The number of carbonyl (C=O) groups is 2. The summed E-state index contributed by atoms with van der Waals surface area (Å²) in [4.78, 5) is 28.3. The summed E-state index contributed by atoms with van der Waals surface area (Å²) in [7, 11) is 0. The number of carbonyl (C=O) groups excluding carboxylic acids is 2. The lowest BCUT2D eigenvalue weighted by Crippen LogP contribution is -2.19. The van der Waals surface area contributed by atoms with Crippen molar-refractivity contribution in [3.8, 4) is 5.75 Å². The third-order valence-corrected chi connectivity index (χ3v) is 4.93. The van der Waals surface area contributed by atoms with E-state index in [1.165, 1.54) is 18.0 Å². The number of hydrogen-bond donors (Lipinski definition) is 1. The van der Waals surface area contributed by atoms with Crippen molar-refractivity contribution < 1.29 is 18.7 Å². The van der Waals surface area contributed by atoms with Crippen molar-refractivity contribution in [1.29, 1.82) is 0 Å². The van der Waals surface area contributed by atoms with Crippen LogP contribution in [0, 0.1) is 0 Å². The summed E-state index contributed by atoms with van der Waals surface area (Å²) in [6.07, 6.45) is 1.50. The Morgan fingerprint density at radius 1 is 1.00 bits per heavy atom. The van der Waals surface area contributed by atoms with Crippen molar-refractivity contribution in [1.82, 2.24) is 10.4 Å². The highest BCUT2D eigenvalue weighted by Gasteiger charge is 2.09. The van der Waals surface area contributed by atoms with Gasteiger partial charge in [-0.1, -0.05) is 42.1 Å². The quantitative estimate of drug-likeness (QED) is 0.154. The van der Waals surface area contributed by atoms with Crippen LogP contribution in [0.15, 0.2) is 93.6 Å². The van der Waals surface area contributed by atoms with Crippen molar-refractivity contribution in [2.75, 3.05) is 5.75 Å². The molecule has 0 aliphatic rings. The van der Waals surface area contributed by atoms with Crippen LogP contribution < -0.4 is 10.2 Å². The first-order valence-corrected chi connectivity index (χ1v) is 10.3. The van der Waals surface area contributed by atoms with Gasteiger partial charge in [-0.05, 0) is 54.1 Å². The number of ether oxygens (including phenoxy) is 1. The van der Waals surface area contributed by atoms with E-state index in [4.69, 9.17) is 9.15 Å². The molecule has 0 spiro atoms. The van der Waals surface area contributed by atoms with Crippen LogP contribution in [-0.4, -0.2) is 28.8 Å². The molecule has 8 heteroatoms. The summed E-state index contributed by atoms with van der Waals surface area (Å²) in [5.74, 6) is -0.161. The average molecular weight is 431 g/mol. The zero-order chi connectivity index (χ0) is 21.5.